The van der Waals surface area contributed by atoms with Crippen LogP contribution in [0.4, 0.5) is 0 Å². The van der Waals surface area contributed by atoms with Crippen molar-refractivity contribution in [3.8, 4) is 10.4 Å². The smallest absolute Gasteiger partial charge is 0.0905 e. The predicted octanol–water partition coefficient (Wildman–Crippen LogP) is 4.45. The fraction of sp³-hybridized carbons (Fsp3) is 0.0833. The molecule has 0 amide bonds. The second-order valence-corrected chi connectivity index (χ2v) is 4.96. The molecule has 14 heavy (non-hydrogen) atoms. The van der Waals surface area contributed by atoms with E-state index in [-0.39, 0.29) is 0 Å². The zero-order chi connectivity index (χ0) is 9.97. The quantitative estimate of drug-likeness (QED) is 0.637. The van der Waals surface area contributed by atoms with Gasteiger partial charge in [-0.05, 0) is 24.6 Å². The van der Waals surface area contributed by atoms with Crippen molar-refractivity contribution in [1.29, 1.82) is 0 Å². The van der Waals surface area contributed by atoms with Gasteiger partial charge in [-0.15, -0.1) is 11.3 Å². The van der Waals surface area contributed by atoms with Crippen LogP contribution in [0, 0.1) is 10.7 Å². The number of hydrogen-bond donors (Lipinski definition) is 0. The molecule has 70 valence electrons. The van der Waals surface area contributed by atoms with Crippen molar-refractivity contribution in [2.24, 2.45) is 0 Å². The van der Waals surface area contributed by atoms with Gasteiger partial charge in [0, 0.05) is 4.88 Å². The average molecular weight is 218 g/mol. The Morgan fingerprint density at radius 1 is 1.00 bits per heavy atom. The molecule has 1 aromatic heterocycles. The Morgan fingerprint density at radius 2 is 1.71 bits per heavy atom. The van der Waals surface area contributed by atoms with Gasteiger partial charge in [0.2, 0.25) is 0 Å². The topological polar surface area (TPSA) is 0 Å². The molecular weight excluding hydrogens is 208 g/mol. The molecule has 0 radical (unpaired) electrons. The van der Waals surface area contributed by atoms with E-state index in [4.69, 9.17) is 12.2 Å². The molecule has 1 aromatic carbocycles. The van der Waals surface area contributed by atoms with Crippen LogP contribution in [0.3, 0.4) is 0 Å². The third-order valence-corrected chi connectivity index (χ3v) is 3.34. The third-order valence-electron chi connectivity index (χ3n) is 2.03. The number of benzene rings is 1. The van der Waals surface area contributed by atoms with Crippen LogP contribution in [-0.4, -0.2) is 0 Å². The number of hydrogen-bond acceptors (Lipinski definition) is 2. The van der Waals surface area contributed by atoms with Crippen molar-refractivity contribution in [3.63, 3.8) is 0 Å². The van der Waals surface area contributed by atoms with Crippen molar-refractivity contribution in [3.05, 3.63) is 51.9 Å². The molecule has 2 aromatic rings. The largest absolute Gasteiger partial charge is 0.124 e. The zero-order valence-corrected chi connectivity index (χ0v) is 9.49. The highest BCUT2D eigenvalue weighted by Gasteiger charge is 1.96. The van der Waals surface area contributed by atoms with Gasteiger partial charge in [0.1, 0.15) is 0 Å². The SMILES string of the molecule is Cc1ccc(-c2cccc(=S)s2)cc1. The minimum absolute atomic E-state index is 0.933. The van der Waals surface area contributed by atoms with Crippen molar-refractivity contribution in [2.45, 2.75) is 6.92 Å². The normalized spacial score (nSPS) is 10.1. The second-order valence-electron chi connectivity index (χ2n) is 3.18. The summed E-state index contributed by atoms with van der Waals surface area (Å²) >= 11 is 6.79. The Labute approximate surface area is 92.9 Å². The maximum atomic E-state index is 5.14. The highest BCUT2D eigenvalue weighted by atomic mass is 32.1. The van der Waals surface area contributed by atoms with Crippen molar-refractivity contribution >= 4 is 23.6 Å². The van der Waals surface area contributed by atoms with Crippen LogP contribution in [-0.2, 0) is 0 Å². The minimum Gasteiger partial charge on any atom is -0.124 e. The summed E-state index contributed by atoms with van der Waals surface area (Å²) in [6.07, 6.45) is 0. The molecule has 2 heteroatoms. The van der Waals surface area contributed by atoms with Crippen LogP contribution < -0.4 is 0 Å². The molecule has 0 spiro atoms. The lowest BCUT2D eigenvalue weighted by molar-refractivity contribution is 1.48. The van der Waals surface area contributed by atoms with Crippen LogP contribution in [0.1, 0.15) is 5.56 Å². The number of rotatable bonds is 1. The van der Waals surface area contributed by atoms with Gasteiger partial charge >= 0.3 is 0 Å². The molecule has 0 N–H and O–H groups in total. The van der Waals surface area contributed by atoms with Gasteiger partial charge in [0.15, 0.2) is 0 Å². The van der Waals surface area contributed by atoms with E-state index in [1.807, 2.05) is 12.1 Å². The first-order valence-corrected chi connectivity index (χ1v) is 5.65. The molecule has 0 bridgehead atoms. The molecule has 0 aliphatic heterocycles. The van der Waals surface area contributed by atoms with E-state index in [9.17, 15) is 0 Å². The van der Waals surface area contributed by atoms with E-state index in [0.717, 1.165) is 3.82 Å². The summed E-state index contributed by atoms with van der Waals surface area (Å²) in [5.41, 5.74) is 2.53. The van der Waals surface area contributed by atoms with Crippen molar-refractivity contribution in [2.75, 3.05) is 0 Å². The summed E-state index contributed by atoms with van der Waals surface area (Å²) < 4.78 is 0.933. The summed E-state index contributed by atoms with van der Waals surface area (Å²) in [4.78, 5) is 1.23. The minimum atomic E-state index is 0.933. The summed E-state index contributed by atoms with van der Waals surface area (Å²) in [7, 11) is 0. The molecule has 0 saturated carbocycles. The van der Waals surface area contributed by atoms with Crippen LogP contribution in [0.5, 0.6) is 0 Å². The molecule has 0 aliphatic rings. The molecule has 0 atom stereocenters. The molecule has 0 saturated heterocycles. The van der Waals surface area contributed by atoms with Gasteiger partial charge in [-0.25, -0.2) is 0 Å². The van der Waals surface area contributed by atoms with Gasteiger partial charge in [0.05, 0.1) is 3.82 Å². The summed E-state index contributed by atoms with van der Waals surface area (Å²) in [6, 6.07) is 14.6. The second kappa shape index (κ2) is 4.03. The van der Waals surface area contributed by atoms with Crippen molar-refractivity contribution in [1.82, 2.24) is 0 Å². The van der Waals surface area contributed by atoms with Crippen LogP contribution in [0.2, 0.25) is 0 Å². The first kappa shape index (κ1) is 9.56. The predicted molar refractivity (Wildman–Crippen MR) is 65.3 cm³/mol. The Kier molecular flexibility index (Phi) is 2.75. The van der Waals surface area contributed by atoms with E-state index in [2.05, 4.69) is 37.3 Å². The maximum Gasteiger partial charge on any atom is 0.0905 e. The van der Waals surface area contributed by atoms with E-state index in [1.54, 1.807) is 11.3 Å². The Morgan fingerprint density at radius 3 is 2.36 bits per heavy atom. The number of aryl methyl sites for hydroxylation is 1. The first-order chi connectivity index (χ1) is 6.75. The molecule has 0 unspecified atom stereocenters. The van der Waals surface area contributed by atoms with E-state index >= 15 is 0 Å². The molecule has 0 aliphatic carbocycles. The molecule has 0 nitrogen and oxygen atoms in total. The third kappa shape index (κ3) is 2.08. The molecule has 0 fully saturated rings. The highest BCUT2D eigenvalue weighted by Crippen LogP contribution is 2.24. The lowest BCUT2D eigenvalue weighted by atomic mass is 10.1. The lowest BCUT2D eigenvalue weighted by Gasteiger charge is -2.00. The summed E-state index contributed by atoms with van der Waals surface area (Å²) in [5.74, 6) is 0. The Hall–Kier alpha value is -0.990. The van der Waals surface area contributed by atoms with E-state index in [1.165, 1.54) is 16.0 Å². The molecular formula is C12H10S2. The van der Waals surface area contributed by atoms with Crippen LogP contribution in [0.25, 0.3) is 10.4 Å². The Bertz CT molecular complexity index is 480. The zero-order valence-electron chi connectivity index (χ0n) is 7.86. The van der Waals surface area contributed by atoms with Gasteiger partial charge in [-0.2, -0.15) is 0 Å². The standard InChI is InChI=1S/C12H10S2/c1-9-5-7-10(8-6-9)11-3-2-4-12(13)14-11/h2-8H,1H3. The van der Waals surface area contributed by atoms with Gasteiger partial charge in [0.25, 0.3) is 0 Å². The fourth-order valence-electron chi connectivity index (χ4n) is 1.26. The van der Waals surface area contributed by atoms with E-state index in [0.29, 0.717) is 0 Å². The highest BCUT2D eigenvalue weighted by molar-refractivity contribution is 7.73. The maximum absolute atomic E-state index is 5.14. The lowest BCUT2D eigenvalue weighted by Crippen LogP contribution is -1.75. The van der Waals surface area contributed by atoms with Crippen molar-refractivity contribution < 1.29 is 0 Å². The monoisotopic (exact) mass is 218 g/mol. The summed E-state index contributed by atoms with van der Waals surface area (Å²) in [5, 5.41) is 0. The van der Waals surface area contributed by atoms with Gasteiger partial charge in [-0.3, -0.25) is 0 Å². The van der Waals surface area contributed by atoms with Gasteiger partial charge < -0.3 is 0 Å². The fourth-order valence-corrected chi connectivity index (χ4v) is 2.38. The molecule has 1 heterocycles. The van der Waals surface area contributed by atoms with Crippen LogP contribution >= 0.6 is 23.6 Å². The average Bonchev–Trinajstić information content (AvgIpc) is 2.19. The molecule has 2 rings (SSSR count). The summed E-state index contributed by atoms with van der Waals surface area (Å²) in [6.45, 7) is 2.09. The van der Waals surface area contributed by atoms with E-state index < -0.39 is 0 Å². The first-order valence-electron chi connectivity index (χ1n) is 4.43. The van der Waals surface area contributed by atoms with Crippen LogP contribution in [0.15, 0.2) is 42.5 Å². The Balaban J connectivity index is 2.50. The van der Waals surface area contributed by atoms with Gasteiger partial charge in [-0.1, -0.05) is 48.1 Å².